The third-order valence-corrected chi connectivity index (χ3v) is 12.0. The van der Waals surface area contributed by atoms with Gasteiger partial charge in [0.05, 0.1) is 0 Å². The number of nitrogens with one attached hydrogen (secondary N) is 1. The fourth-order valence-electron chi connectivity index (χ4n) is 10.5. The van der Waals surface area contributed by atoms with Crippen LogP contribution in [0.25, 0.3) is 21.9 Å². The van der Waals surface area contributed by atoms with Gasteiger partial charge in [0.25, 0.3) is 0 Å². The minimum absolute atomic E-state index is 0.466. The second-order valence-corrected chi connectivity index (χ2v) is 13.3. The summed E-state index contributed by atoms with van der Waals surface area (Å²) in [5.41, 5.74) is 8.91. The molecule has 2 bridgehead atoms. The van der Waals surface area contributed by atoms with E-state index < -0.39 is 0 Å². The molecule has 0 saturated heterocycles. The molecule has 1 heteroatoms. The second-order valence-electron chi connectivity index (χ2n) is 13.3. The number of para-hydroxylation sites is 2. The Morgan fingerprint density at radius 2 is 1.29 bits per heavy atom. The lowest BCUT2D eigenvalue weighted by Crippen LogP contribution is -2.62. The molecule has 1 nitrogen and oxygen atoms in total. The Balaban J connectivity index is 1.13. The van der Waals surface area contributed by atoms with Gasteiger partial charge in [0.1, 0.15) is 0 Å². The van der Waals surface area contributed by atoms with Crippen molar-refractivity contribution in [2.75, 3.05) is 5.32 Å². The summed E-state index contributed by atoms with van der Waals surface area (Å²) in [6, 6.07) is 32.4. The van der Waals surface area contributed by atoms with Crippen LogP contribution in [0.4, 0.5) is 11.4 Å². The highest BCUT2D eigenvalue weighted by atomic mass is 14.9. The minimum atomic E-state index is 0.466. The van der Waals surface area contributed by atoms with Crippen LogP contribution in [0.1, 0.15) is 68.4 Å². The number of benzene rings is 4. The molecule has 9 rings (SSSR count). The minimum Gasteiger partial charge on any atom is -0.355 e. The maximum atomic E-state index is 3.99. The Morgan fingerprint density at radius 1 is 0.553 bits per heavy atom. The smallest absolute Gasteiger partial charge is 0.0464 e. The van der Waals surface area contributed by atoms with Crippen LogP contribution >= 0.6 is 0 Å². The van der Waals surface area contributed by atoms with E-state index in [1.54, 1.807) is 11.1 Å². The van der Waals surface area contributed by atoms with Crippen molar-refractivity contribution in [3.05, 3.63) is 96.1 Å². The Bertz CT molecular complexity index is 1550. The molecular weight excluding hydrogens is 458 g/mol. The molecule has 5 aliphatic rings. The standard InChI is InChI=1S/C37H37N/c1-2-8-29-28(7-1)30(17-18-31(29)33-20-23-13-14-24(33)19-23)32-9-3-5-11-35(32)38-36-12-6-4-10-34(36)37-25-15-16-26(37)22-27(37)21-25/h1-12,17-18,23-27,33,38H,13-16,19-22H2/t23?,24?,25-,26?,27?,33?,37+/m0/s1. The summed E-state index contributed by atoms with van der Waals surface area (Å²) in [4.78, 5) is 0. The summed E-state index contributed by atoms with van der Waals surface area (Å²) >= 11 is 0. The van der Waals surface area contributed by atoms with Crippen LogP contribution in [0, 0.1) is 29.6 Å². The lowest BCUT2D eigenvalue weighted by molar-refractivity contribution is -0.0830. The van der Waals surface area contributed by atoms with Gasteiger partial charge in [0.2, 0.25) is 0 Å². The average molecular weight is 496 g/mol. The number of hydrogen-bond acceptors (Lipinski definition) is 1. The molecular formula is C37H37N. The Hall–Kier alpha value is -3.06. The Labute approximate surface area is 226 Å². The molecule has 5 aliphatic carbocycles. The number of fused-ring (bicyclic) bond motifs is 3. The van der Waals surface area contributed by atoms with Crippen molar-refractivity contribution >= 4 is 22.1 Å². The van der Waals surface area contributed by atoms with E-state index in [4.69, 9.17) is 0 Å². The first kappa shape index (κ1) is 21.8. The quantitative estimate of drug-likeness (QED) is 0.290. The van der Waals surface area contributed by atoms with Crippen LogP contribution in [-0.2, 0) is 5.41 Å². The molecule has 0 radical (unpaired) electrons. The van der Waals surface area contributed by atoms with Gasteiger partial charge in [-0.25, -0.2) is 0 Å². The fraction of sp³-hybridized carbons (Fsp3) is 0.405. The van der Waals surface area contributed by atoms with Crippen molar-refractivity contribution in [3.63, 3.8) is 0 Å². The molecule has 0 amide bonds. The third kappa shape index (κ3) is 2.83. The molecule has 4 aromatic rings. The van der Waals surface area contributed by atoms with Crippen molar-refractivity contribution in [2.24, 2.45) is 29.6 Å². The zero-order valence-corrected chi connectivity index (χ0v) is 22.2. The zero-order chi connectivity index (χ0) is 24.8. The molecule has 5 fully saturated rings. The topological polar surface area (TPSA) is 12.0 Å². The van der Waals surface area contributed by atoms with E-state index in [2.05, 4.69) is 90.2 Å². The number of anilines is 2. The Kier molecular flexibility index (Phi) is 4.58. The molecule has 7 atom stereocenters. The summed E-state index contributed by atoms with van der Waals surface area (Å²) in [7, 11) is 0. The summed E-state index contributed by atoms with van der Waals surface area (Å²) in [6.45, 7) is 0. The van der Waals surface area contributed by atoms with Gasteiger partial charge in [-0.2, -0.15) is 0 Å². The monoisotopic (exact) mass is 495 g/mol. The van der Waals surface area contributed by atoms with Gasteiger partial charge < -0.3 is 5.32 Å². The lowest BCUT2D eigenvalue weighted by Gasteiger charge is -2.65. The van der Waals surface area contributed by atoms with E-state index in [1.165, 1.54) is 84.6 Å². The first-order chi connectivity index (χ1) is 18.8. The van der Waals surface area contributed by atoms with Crippen molar-refractivity contribution < 1.29 is 0 Å². The molecule has 4 aromatic carbocycles. The normalized spacial score (nSPS) is 34.1. The van der Waals surface area contributed by atoms with Gasteiger partial charge in [-0.3, -0.25) is 0 Å². The van der Waals surface area contributed by atoms with Crippen LogP contribution in [0.15, 0.2) is 84.9 Å². The summed E-state index contributed by atoms with van der Waals surface area (Å²) < 4.78 is 0. The van der Waals surface area contributed by atoms with Gasteiger partial charge >= 0.3 is 0 Å². The van der Waals surface area contributed by atoms with Crippen molar-refractivity contribution in [2.45, 2.75) is 62.7 Å². The van der Waals surface area contributed by atoms with Crippen molar-refractivity contribution in [1.82, 2.24) is 0 Å². The lowest BCUT2D eigenvalue weighted by atomic mass is 9.39. The maximum absolute atomic E-state index is 3.99. The third-order valence-electron chi connectivity index (χ3n) is 12.0. The number of hydrogen-bond donors (Lipinski definition) is 1. The van der Waals surface area contributed by atoms with Gasteiger partial charge in [-0.05, 0) is 120 Å². The molecule has 1 N–H and O–H groups in total. The van der Waals surface area contributed by atoms with Gasteiger partial charge in [-0.1, -0.05) is 79.2 Å². The molecule has 5 saturated carbocycles. The van der Waals surface area contributed by atoms with Crippen molar-refractivity contribution in [1.29, 1.82) is 0 Å². The average Bonchev–Trinajstić information content (AvgIpc) is 3.57. The first-order valence-corrected chi connectivity index (χ1v) is 15.3. The van der Waals surface area contributed by atoms with Gasteiger partial charge in [0, 0.05) is 22.4 Å². The van der Waals surface area contributed by atoms with Crippen LogP contribution < -0.4 is 5.32 Å². The Morgan fingerprint density at radius 3 is 2.05 bits per heavy atom. The SMILES string of the molecule is c1ccc(-c2ccc(C3CC4CCC3C4)c3ccccc23)c(Nc2ccccc2[C@@]23C4CC[C@H]2CC3C4)c1. The van der Waals surface area contributed by atoms with E-state index >= 15 is 0 Å². The van der Waals surface area contributed by atoms with Crippen LogP contribution in [0.2, 0.25) is 0 Å². The first-order valence-electron chi connectivity index (χ1n) is 15.3. The van der Waals surface area contributed by atoms with E-state index in [-0.39, 0.29) is 0 Å². The summed E-state index contributed by atoms with van der Waals surface area (Å²) in [6.07, 6.45) is 11.5. The van der Waals surface area contributed by atoms with Crippen LogP contribution in [-0.4, -0.2) is 0 Å². The molecule has 0 spiro atoms. The van der Waals surface area contributed by atoms with E-state index in [9.17, 15) is 0 Å². The fourth-order valence-corrected chi connectivity index (χ4v) is 10.5. The maximum Gasteiger partial charge on any atom is 0.0464 e. The van der Waals surface area contributed by atoms with Crippen LogP contribution in [0.5, 0.6) is 0 Å². The number of rotatable bonds is 5. The largest absolute Gasteiger partial charge is 0.355 e. The predicted molar refractivity (Wildman–Crippen MR) is 158 cm³/mol. The second kappa shape index (κ2) is 7.98. The van der Waals surface area contributed by atoms with E-state index in [0.29, 0.717) is 5.41 Å². The molecule has 190 valence electrons. The highest BCUT2D eigenvalue weighted by molar-refractivity contribution is 6.01. The summed E-state index contributed by atoms with van der Waals surface area (Å²) in [5, 5.41) is 6.87. The van der Waals surface area contributed by atoms with Gasteiger partial charge in [0.15, 0.2) is 0 Å². The predicted octanol–water partition coefficient (Wildman–Crippen LogP) is 9.84. The van der Waals surface area contributed by atoms with E-state index in [1.807, 2.05) is 0 Å². The highest BCUT2D eigenvalue weighted by Gasteiger charge is 2.70. The van der Waals surface area contributed by atoms with E-state index in [0.717, 1.165) is 35.5 Å². The zero-order valence-electron chi connectivity index (χ0n) is 22.2. The van der Waals surface area contributed by atoms with Crippen LogP contribution in [0.3, 0.4) is 0 Å². The molecule has 0 aromatic heterocycles. The molecule has 0 aliphatic heterocycles. The highest BCUT2D eigenvalue weighted by Crippen LogP contribution is 2.75. The molecule has 0 heterocycles. The van der Waals surface area contributed by atoms with Crippen molar-refractivity contribution in [3.8, 4) is 11.1 Å². The molecule has 5 unspecified atom stereocenters. The van der Waals surface area contributed by atoms with Gasteiger partial charge in [-0.15, -0.1) is 0 Å². The molecule has 38 heavy (non-hydrogen) atoms. The summed E-state index contributed by atoms with van der Waals surface area (Å²) in [5.74, 6) is 5.35.